The highest BCUT2D eigenvalue weighted by atomic mass is 16.4. The Labute approximate surface area is 206 Å². The van der Waals surface area contributed by atoms with Crippen LogP contribution in [0.15, 0.2) is 54.6 Å². The van der Waals surface area contributed by atoms with Crippen LogP contribution in [0.4, 0.5) is 0 Å². The largest absolute Gasteiger partial charge is 0.478 e. The quantitative estimate of drug-likeness (QED) is 0.558. The van der Waals surface area contributed by atoms with Crippen molar-refractivity contribution in [2.75, 3.05) is 0 Å². The van der Waals surface area contributed by atoms with Gasteiger partial charge in [-0.3, -0.25) is 9.59 Å². The molecule has 0 aliphatic heterocycles. The Morgan fingerprint density at radius 1 is 0.943 bits per heavy atom. The highest BCUT2D eigenvalue weighted by Crippen LogP contribution is 2.60. The molecule has 2 aromatic carbocycles. The first-order chi connectivity index (χ1) is 16.7. The van der Waals surface area contributed by atoms with Gasteiger partial charge in [0.15, 0.2) is 0 Å². The number of carboxylic acid groups (broad SMARTS) is 1. The van der Waals surface area contributed by atoms with Crippen molar-refractivity contribution in [2.24, 2.45) is 23.2 Å². The predicted molar refractivity (Wildman–Crippen MR) is 133 cm³/mol. The van der Waals surface area contributed by atoms with Crippen LogP contribution in [0.5, 0.6) is 0 Å². The molecular formula is C29H34N2O4. The van der Waals surface area contributed by atoms with Gasteiger partial charge in [0.2, 0.25) is 11.8 Å². The van der Waals surface area contributed by atoms with E-state index in [2.05, 4.69) is 10.6 Å². The Bertz CT molecular complexity index is 1110. The number of nitrogens with one attached hydrogen (secondary N) is 2. The van der Waals surface area contributed by atoms with E-state index in [0.717, 1.165) is 43.2 Å². The van der Waals surface area contributed by atoms with Crippen molar-refractivity contribution in [1.82, 2.24) is 10.6 Å². The van der Waals surface area contributed by atoms with E-state index >= 15 is 0 Å². The van der Waals surface area contributed by atoms with Crippen LogP contribution in [0.1, 0.15) is 67.4 Å². The zero-order chi connectivity index (χ0) is 24.8. The minimum Gasteiger partial charge on any atom is -0.478 e. The summed E-state index contributed by atoms with van der Waals surface area (Å²) in [5.41, 5.74) is 1.18. The Kier molecular flexibility index (Phi) is 5.94. The lowest BCUT2D eigenvalue weighted by atomic mass is 9.47. The summed E-state index contributed by atoms with van der Waals surface area (Å²) in [6.07, 6.45) is 4.73. The number of rotatable bonds is 7. The molecule has 6 rings (SSSR count). The Morgan fingerprint density at radius 2 is 1.57 bits per heavy atom. The van der Waals surface area contributed by atoms with Gasteiger partial charge in [0.05, 0.1) is 16.4 Å². The summed E-state index contributed by atoms with van der Waals surface area (Å²) in [6, 6.07) is 16.7. The van der Waals surface area contributed by atoms with E-state index in [-0.39, 0.29) is 28.8 Å². The van der Waals surface area contributed by atoms with Crippen molar-refractivity contribution in [3.05, 3.63) is 71.3 Å². The van der Waals surface area contributed by atoms with Gasteiger partial charge in [-0.25, -0.2) is 4.79 Å². The monoisotopic (exact) mass is 474 g/mol. The molecule has 184 valence electrons. The minimum absolute atomic E-state index is 0.0597. The predicted octanol–water partition coefficient (Wildman–Crippen LogP) is 4.29. The van der Waals surface area contributed by atoms with Gasteiger partial charge < -0.3 is 15.7 Å². The van der Waals surface area contributed by atoms with Crippen LogP contribution in [0, 0.1) is 23.2 Å². The molecule has 6 heteroatoms. The third-order valence-electron chi connectivity index (χ3n) is 8.77. The molecule has 4 bridgehead atoms. The zero-order valence-corrected chi connectivity index (χ0v) is 20.4. The normalized spacial score (nSPS) is 29.0. The fourth-order valence-electron chi connectivity index (χ4n) is 6.99. The fraction of sp³-hybridized carbons (Fsp3) is 0.483. The first-order valence-electron chi connectivity index (χ1n) is 12.6. The molecule has 3 unspecified atom stereocenters. The minimum atomic E-state index is -0.956. The third kappa shape index (κ3) is 4.35. The molecule has 4 saturated carbocycles. The number of carbonyl (C=O) groups excluding carboxylic acids is 2. The number of amides is 2. The Balaban J connectivity index is 1.24. The number of hydrogen-bond acceptors (Lipinski definition) is 3. The van der Waals surface area contributed by atoms with Crippen LogP contribution < -0.4 is 10.6 Å². The molecule has 4 aliphatic carbocycles. The molecule has 0 saturated heterocycles. The molecular weight excluding hydrogens is 440 g/mol. The molecule has 4 fully saturated rings. The van der Waals surface area contributed by atoms with Crippen molar-refractivity contribution in [1.29, 1.82) is 0 Å². The van der Waals surface area contributed by atoms with Gasteiger partial charge in [-0.2, -0.15) is 0 Å². The molecule has 0 radical (unpaired) electrons. The van der Waals surface area contributed by atoms with Crippen LogP contribution in [-0.2, 0) is 21.5 Å². The number of carbonyl (C=O) groups is 3. The lowest BCUT2D eigenvalue weighted by molar-refractivity contribution is -0.151. The van der Waals surface area contributed by atoms with Gasteiger partial charge in [-0.1, -0.05) is 42.5 Å². The van der Waals surface area contributed by atoms with E-state index in [1.807, 2.05) is 44.2 Å². The summed E-state index contributed by atoms with van der Waals surface area (Å²) in [7, 11) is 0. The van der Waals surface area contributed by atoms with E-state index in [1.165, 1.54) is 0 Å². The zero-order valence-electron chi connectivity index (χ0n) is 20.4. The van der Waals surface area contributed by atoms with Crippen LogP contribution in [0.3, 0.4) is 0 Å². The van der Waals surface area contributed by atoms with Gasteiger partial charge in [0, 0.05) is 12.6 Å². The number of hydrogen-bond donors (Lipinski definition) is 3. The standard InChI is InChI=1S/C29H34N2O4/c1-28(2,23-6-4-3-5-7-23)26(34)31-24-21-12-19-13-22(24)16-29(14-19,15-21)27(35)30-17-18-8-10-20(11-9-18)25(32)33/h3-11,19,21-22,24H,12-17H2,1-2H3,(H,30,35)(H,31,34)(H,32,33)/t19?,21-,22+,24?,29?. The first-order valence-corrected chi connectivity index (χ1v) is 12.6. The summed E-state index contributed by atoms with van der Waals surface area (Å²) in [6.45, 7) is 4.35. The summed E-state index contributed by atoms with van der Waals surface area (Å²) in [4.78, 5) is 37.9. The summed E-state index contributed by atoms with van der Waals surface area (Å²) < 4.78 is 0. The molecule has 35 heavy (non-hydrogen) atoms. The molecule has 0 heterocycles. The molecule has 0 spiro atoms. The summed E-state index contributed by atoms with van der Waals surface area (Å²) >= 11 is 0. The number of carboxylic acids is 1. The van der Waals surface area contributed by atoms with Crippen molar-refractivity contribution in [3.8, 4) is 0 Å². The lowest BCUT2D eigenvalue weighted by Crippen LogP contribution is -2.63. The first kappa shape index (κ1) is 23.6. The third-order valence-corrected chi connectivity index (χ3v) is 8.77. The van der Waals surface area contributed by atoms with E-state index in [0.29, 0.717) is 24.3 Å². The van der Waals surface area contributed by atoms with E-state index in [1.54, 1.807) is 24.3 Å². The van der Waals surface area contributed by atoms with Gasteiger partial charge in [0.25, 0.3) is 0 Å². The smallest absolute Gasteiger partial charge is 0.335 e. The van der Waals surface area contributed by atoms with E-state index in [4.69, 9.17) is 5.11 Å². The molecule has 3 N–H and O–H groups in total. The highest BCUT2D eigenvalue weighted by molar-refractivity contribution is 5.88. The maximum Gasteiger partial charge on any atom is 0.335 e. The van der Waals surface area contributed by atoms with Crippen LogP contribution in [-0.4, -0.2) is 28.9 Å². The number of benzene rings is 2. The van der Waals surface area contributed by atoms with Gasteiger partial charge in [0.1, 0.15) is 0 Å². The van der Waals surface area contributed by atoms with Crippen molar-refractivity contribution in [3.63, 3.8) is 0 Å². The van der Waals surface area contributed by atoms with Crippen LogP contribution >= 0.6 is 0 Å². The maximum absolute atomic E-state index is 13.4. The second-order valence-corrected chi connectivity index (χ2v) is 11.4. The topological polar surface area (TPSA) is 95.5 Å². The Hall–Kier alpha value is -3.15. The van der Waals surface area contributed by atoms with Crippen LogP contribution in [0.25, 0.3) is 0 Å². The van der Waals surface area contributed by atoms with Crippen molar-refractivity contribution >= 4 is 17.8 Å². The van der Waals surface area contributed by atoms with E-state index < -0.39 is 11.4 Å². The van der Waals surface area contributed by atoms with Crippen molar-refractivity contribution in [2.45, 2.75) is 64.0 Å². The highest BCUT2D eigenvalue weighted by Gasteiger charge is 2.58. The van der Waals surface area contributed by atoms with Gasteiger partial charge >= 0.3 is 5.97 Å². The fourth-order valence-corrected chi connectivity index (χ4v) is 6.99. The second kappa shape index (κ2) is 8.81. The molecule has 5 atom stereocenters. The molecule has 0 aromatic heterocycles. The molecule has 2 aromatic rings. The van der Waals surface area contributed by atoms with Gasteiger partial charge in [-0.05, 0) is 87.0 Å². The summed E-state index contributed by atoms with van der Waals surface area (Å²) in [5.74, 6) is 0.416. The Morgan fingerprint density at radius 3 is 2.17 bits per heavy atom. The van der Waals surface area contributed by atoms with Gasteiger partial charge in [-0.15, -0.1) is 0 Å². The molecule has 4 aliphatic rings. The lowest BCUT2D eigenvalue weighted by Gasteiger charge is -2.59. The average molecular weight is 475 g/mol. The van der Waals surface area contributed by atoms with Crippen molar-refractivity contribution < 1.29 is 19.5 Å². The molecule has 2 amide bonds. The SMILES string of the molecule is CC(C)(C(=O)NC1[C@@H]2CC3C[C@H]1CC(C(=O)NCc1ccc(C(=O)O)cc1)(C3)C2)c1ccccc1. The molecule has 6 nitrogen and oxygen atoms in total. The average Bonchev–Trinajstić information content (AvgIpc) is 2.85. The maximum atomic E-state index is 13.4. The van der Waals surface area contributed by atoms with Crippen LogP contribution in [0.2, 0.25) is 0 Å². The summed E-state index contributed by atoms with van der Waals surface area (Å²) in [5, 5.41) is 15.6. The number of aromatic carboxylic acids is 1. The second-order valence-electron chi connectivity index (χ2n) is 11.4. The van der Waals surface area contributed by atoms with E-state index in [9.17, 15) is 14.4 Å².